The van der Waals surface area contributed by atoms with Gasteiger partial charge in [-0.05, 0) is 31.6 Å². The van der Waals surface area contributed by atoms with E-state index in [1.807, 2.05) is 0 Å². The normalized spacial score (nSPS) is 14.2. The van der Waals surface area contributed by atoms with Crippen LogP contribution in [0, 0.1) is 5.92 Å². The molecule has 0 aliphatic heterocycles. The number of ether oxygens (including phenoxy) is 4. The van der Waals surface area contributed by atoms with Crippen molar-refractivity contribution in [2.45, 2.75) is 342 Å². The second-order valence-electron chi connectivity index (χ2n) is 23.6. The first kappa shape index (κ1) is 81.1. The molecule has 0 spiro atoms. The highest BCUT2D eigenvalue weighted by molar-refractivity contribution is 7.47. The lowest BCUT2D eigenvalue weighted by Crippen LogP contribution is -2.30. The van der Waals surface area contributed by atoms with Gasteiger partial charge in [-0.25, -0.2) is 9.13 Å². The average Bonchev–Trinajstić information content (AvgIpc) is 3.45. The summed E-state index contributed by atoms with van der Waals surface area (Å²) < 4.78 is 67.9. The van der Waals surface area contributed by atoms with E-state index in [4.69, 9.17) is 37.0 Å². The third-order valence-corrected chi connectivity index (χ3v) is 16.7. The van der Waals surface area contributed by atoms with Crippen LogP contribution in [-0.2, 0) is 65.4 Å². The van der Waals surface area contributed by atoms with Crippen LogP contribution in [0.25, 0.3) is 0 Å². The molecule has 0 aliphatic rings. The molecule has 0 aromatic heterocycles. The van der Waals surface area contributed by atoms with Gasteiger partial charge < -0.3 is 33.8 Å². The second kappa shape index (κ2) is 57.8. The highest BCUT2D eigenvalue weighted by Gasteiger charge is 2.30. The summed E-state index contributed by atoms with van der Waals surface area (Å²) >= 11 is 0. The maximum absolute atomic E-state index is 13.0. The molecule has 83 heavy (non-hydrogen) atoms. The van der Waals surface area contributed by atoms with E-state index < -0.39 is 97.5 Å². The number of phosphoric acid groups is 2. The van der Waals surface area contributed by atoms with Gasteiger partial charge in [0.05, 0.1) is 26.4 Å². The molecule has 17 nitrogen and oxygen atoms in total. The first-order chi connectivity index (χ1) is 40.0. The molecule has 0 aromatic rings. The van der Waals surface area contributed by atoms with Gasteiger partial charge in [0.1, 0.15) is 19.3 Å². The summed E-state index contributed by atoms with van der Waals surface area (Å²) in [6.45, 7) is 7.12. The van der Waals surface area contributed by atoms with Crippen molar-refractivity contribution in [3.05, 3.63) is 0 Å². The minimum Gasteiger partial charge on any atom is -0.462 e. The average molecular weight is 1230 g/mol. The summed E-state index contributed by atoms with van der Waals surface area (Å²) in [5, 5.41) is 10.5. The van der Waals surface area contributed by atoms with Crippen LogP contribution in [0.4, 0.5) is 0 Å². The molecule has 2 unspecified atom stereocenters. The van der Waals surface area contributed by atoms with Crippen molar-refractivity contribution in [3.8, 4) is 0 Å². The first-order valence-corrected chi connectivity index (χ1v) is 36.6. The number of rotatable bonds is 64. The highest BCUT2D eigenvalue weighted by atomic mass is 31.2. The largest absolute Gasteiger partial charge is 0.472 e. The van der Waals surface area contributed by atoms with E-state index in [1.54, 1.807) is 0 Å². The van der Waals surface area contributed by atoms with E-state index in [1.165, 1.54) is 141 Å². The zero-order chi connectivity index (χ0) is 61.3. The Labute approximate surface area is 505 Å². The fourth-order valence-electron chi connectivity index (χ4n) is 9.58. The molecule has 3 N–H and O–H groups in total. The Morgan fingerprint density at radius 2 is 0.554 bits per heavy atom. The van der Waals surface area contributed by atoms with Crippen molar-refractivity contribution in [2.75, 3.05) is 39.6 Å². The summed E-state index contributed by atoms with van der Waals surface area (Å²) in [4.78, 5) is 72.1. The summed E-state index contributed by atoms with van der Waals surface area (Å²) in [5.41, 5.74) is 0. The SMILES string of the molecule is CCCCCCCCCCCCCCCCCC(=O)O[C@H](COC(=O)CCCCCCCCCCC(C)C)COP(=O)(O)OC[C@@H](O)COP(=O)(O)OC[C@@H](COC(=O)CCCCCCCCCC)OC(=O)CCCCCCCCCCC. The Morgan fingerprint density at radius 1 is 0.325 bits per heavy atom. The molecule has 0 rings (SSSR count). The minimum absolute atomic E-state index is 0.106. The van der Waals surface area contributed by atoms with Gasteiger partial charge >= 0.3 is 39.5 Å². The Kier molecular flexibility index (Phi) is 56.4. The maximum Gasteiger partial charge on any atom is 0.472 e. The molecule has 19 heteroatoms. The van der Waals surface area contributed by atoms with Crippen molar-refractivity contribution in [3.63, 3.8) is 0 Å². The van der Waals surface area contributed by atoms with E-state index in [-0.39, 0.29) is 25.7 Å². The van der Waals surface area contributed by atoms with Crippen LogP contribution in [0.3, 0.4) is 0 Å². The fourth-order valence-corrected chi connectivity index (χ4v) is 11.2. The number of aliphatic hydroxyl groups is 1. The molecule has 0 saturated heterocycles. The van der Waals surface area contributed by atoms with Crippen LogP contribution in [0.2, 0.25) is 0 Å². The van der Waals surface area contributed by atoms with Crippen molar-refractivity contribution >= 4 is 39.5 Å². The summed E-state index contributed by atoms with van der Waals surface area (Å²) in [7, 11) is -9.88. The molecule has 0 amide bonds. The smallest absolute Gasteiger partial charge is 0.462 e. The van der Waals surface area contributed by atoms with Gasteiger partial charge in [-0.15, -0.1) is 0 Å². The van der Waals surface area contributed by atoms with E-state index in [2.05, 4.69) is 34.6 Å². The van der Waals surface area contributed by atoms with Crippen molar-refractivity contribution in [1.82, 2.24) is 0 Å². The zero-order valence-electron chi connectivity index (χ0n) is 53.3. The molecule has 492 valence electrons. The molecular formula is C64H124O17P2. The van der Waals surface area contributed by atoms with Crippen molar-refractivity contribution < 1.29 is 80.2 Å². The fraction of sp³-hybridized carbons (Fsp3) is 0.938. The van der Waals surface area contributed by atoms with Crippen LogP contribution in [0.1, 0.15) is 324 Å². The quantitative estimate of drug-likeness (QED) is 0.0222. The highest BCUT2D eigenvalue weighted by Crippen LogP contribution is 2.45. The maximum atomic E-state index is 13.0. The summed E-state index contributed by atoms with van der Waals surface area (Å²) in [6.07, 6.45) is 41.7. The minimum atomic E-state index is -4.94. The lowest BCUT2D eigenvalue weighted by molar-refractivity contribution is -0.161. The standard InChI is InChI=1S/C64H124O17P2/c1-6-9-12-15-18-21-22-23-24-25-26-28-35-40-45-50-64(69)81-60(54-75-62(67)48-43-38-33-30-29-31-36-41-46-57(4)5)56-79-83(72,73)77-52-58(65)51-76-82(70,71)78-55-59(53-74-61(66)47-42-37-32-20-17-14-11-8-3)80-63(68)49-44-39-34-27-19-16-13-10-7-2/h57-60,65H,6-56H2,1-5H3,(H,70,71)(H,72,73)/t58-,59+,60+/m0/s1. The Balaban J connectivity index is 5.21. The predicted octanol–water partition coefficient (Wildman–Crippen LogP) is 17.8. The van der Waals surface area contributed by atoms with Gasteiger partial charge in [0.25, 0.3) is 0 Å². The van der Waals surface area contributed by atoms with E-state index in [9.17, 15) is 43.2 Å². The number of aliphatic hydroxyl groups excluding tert-OH is 1. The number of hydrogen-bond acceptors (Lipinski definition) is 15. The van der Waals surface area contributed by atoms with Crippen molar-refractivity contribution in [1.29, 1.82) is 0 Å². The molecule has 5 atom stereocenters. The number of unbranched alkanes of at least 4 members (excludes halogenated alkanes) is 36. The number of hydrogen-bond donors (Lipinski definition) is 3. The van der Waals surface area contributed by atoms with Gasteiger partial charge in [-0.1, -0.05) is 272 Å². The van der Waals surface area contributed by atoms with Crippen LogP contribution in [-0.4, -0.2) is 96.7 Å². The molecule has 0 aliphatic carbocycles. The lowest BCUT2D eigenvalue weighted by atomic mass is 10.0. The summed E-state index contributed by atoms with van der Waals surface area (Å²) in [5.74, 6) is -1.41. The molecule has 0 bridgehead atoms. The molecule has 0 radical (unpaired) electrons. The van der Waals surface area contributed by atoms with Crippen LogP contribution in [0.15, 0.2) is 0 Å². The van der Waals surface area contributed by atoms with E-state index in [0.717, 1.165) is 102 Å². The van der Waals surface area contributed by atoms with Gasteiger partial charge in [-0.2, -0.15) is 0 Å². The van der Waals surface area contributed by atoms with Crippen LogP contribution >= 0.6 is 15.6 Å². The first-order valence-electron chi connectivity index (χ1n) is 33.6. The monoisotopic (exact) mass is 1230 g/mol. The molecule has 0 saturated carbocycles. The topological polar surface area (TPSA) is 237 Å². The Bertz CT molecular complexity index is 1620. The number of carbonyl (C=O) groups excluding carboxylic acids is 4. The predicted molar refractivity (Wildman–Crippen MR) is 331 cm³/mol. The summed E-state index contributed by atoms with van der Waals surface area (Å²) in [6, 6.07) is 0. The van der Waals surface area contributed by atoms with Gasteiger partial charge in [0.15, 0.2) is 12.2 Å². The molecular weight excluding hydrogens is 1100 g/mol. The second-order valence-corrected chi connectivity index (χ2v) is 26.5. The van der Waals surface area contributed by atoms with E-state index in [0.29, 0.717) is 25.7 Å². The zero-order valence-corrected chi connectivity index (χ0v) is 55.1. The Morgan fingerprint density at radius 3 is 0.819 bits per heavy atom. The van der Waals surface area contributed by atoms with Crippen LogP contribution in [0.5, 0.6) is 0 Å². The Hall–Kier alpha value is -1.94. The van der Waals surface area contributed by atoms with Crippen LogP contribution < -0.4 is 0 Å². The van der Waals surface area contributed by atoms with Crippen molar-refractivity contribution in [2.24, 2.45) is 5.92 Å². The van der Waals surface area contributed by atoms with E-state index >= 15 is 0 Å². The van der Waals surface area contributed by atoms with Gasteiger partial charge in [-0.3, -0.25) is 37.3 Å². The van der Waals surface area contributed by atoms with Gasteiger partial charge in [0, 0.05) is 25.7 Å². The van der Waals surface area contributed by atoms with Gasteiger partial charge in [0.2, 0.25) is 0 Å². The third kappa shape index (κ3) is 58.8. The third-order valence-electron chi connectivity index (χ3n) is 14.8. The number of esters is 4. The molecule has 0 heterocycles. The molecule has 0 aromatic carbocycles. The number of phosphoric ester groups is 2. The lowest BCUT2D eigenvalue weighted by Gasteiger charge is -2.21. The number of carbonyl (C=O) groups is 4. The molecule has 0 fully saturated rings.